The lowest BCUT2D eigenvalue weighted by atomic mass is 9.93. The fourth-order valence-corrected chi connectivity index (χ4v) is 5.18. The molecule has 0 N–H and O–H groups in total. The number of amides is 2. The summed E-state index contributed by atoms with van der Waals surface area (Å²) >= 11 is 1.76. The first kappa shape index (κ1) is 22.3. The molecule has 166 valence electrons. The molecule has 0 spiro atoms. The zero-order chi connectivity index (χ0) is 22.9. The first-order chi connectivity index (χ1) is 15.3. The van der Waals surface area contributed by atoms with E-state index in [1.54, 1.807) is 16.2 Å². The predicted octanol–water partition coefficient (Wildman–Crippen LogP) is 5.47. The highest BCUT2D eigenvalue weighted by atomic mass is 32.1. The maximum Gasteiger partial charge on any atom is 0.254 e. The average molecular weight is 447 g/mol. The molecule has 0 radical (unpaired) electrons. The fraction of sp³-hybridized carbons (Fsp3) is 0.333. The number of nitrogens with zero attached hydrogens (tertiary/aromatic N) is 2. The highest BCUT2D eigenvalue weighted by Crippen LogP contribution is 2.38. The van der Waals surface area contributed by atoms with Crippen molar-refractivity contribution in [2.45, 2.75) is 45.7 Å². The van der Waals surface area contributed by atoms with Crippen LogP contribution in [-0.2, 0) is 11.2 Å². The molecule has 1 aliphatic heterocycles. The number of fused-ring (bicyclic) bond motifs is 1. The summed E-state index contributed by atoms with van der Waals surface area (Å²) in [5.74, 6) is -0.138. The van der Waals surface area contributed by atoms with Gasteiger partial charge in [0.15, 0.2) is 0 Å². The summed E-state index contributed by atoms with van der Waals surface area (Å²) in [6.07, 6.45) is 0.851. The Hall–Kier alpha value is -2.92. The third-order valence-corrected chi connectivity index (χ3v) is 7.04. The van der Waals surface area contributed by atoms with Gasteiger partial charge >= 0.3 is 0 Å². The number of hydrogen-bond donors (Lipinski definition) is 0. The maximum absolute atomic E-state index is 13.7. The first-order valence-electron chi connectivity index (χ1n) is 11.0. The minimum atomic E-state index is -0.483. The number of benzene rings is 2. The second kappa shape index (κ2) is 8.91. The number of carbonyl (C=O) groups is 2. The minimum absolute atomic E-state index is 0.0221. The van der Waals surface area contributed by atoms with E-state index in [0.29, 0.717) is 12.1 Å². The molecule has 2 amide bonds. The Kier molecular flexibility index (Phi) is 6.20. The Balaban J connectivity index is 1.64. The highest BCUT2D eigenvalue weighted by molar-refractivity contribution is 7.10. The Bertz CT molecular complexity index is 1100. The van der Waals surface area contributed by atoms with E-state index in [9.17, 15) is 9.59 Å². The number of thiophene rings is 1. The molecule has 0 aliphatic carbocycles. The van der Waals surface area contributed by atoms with Gasteiger partial charge in [-0.1, -0.05) is 48.0 Å². The monoisotopic (exact) mass is 446 g/mol. The molecular weight excluding hydrogens is 416 g/mol. The van der Waals surface area contributed by atoms with E-state index in [1.165, 1.54) is 10.4 Å². The summed E-state index contributed by atoms with van der Waals surface area (Å²) < 4.78 is 0. The quantitative estimate of drug-likeness (QED) is 0.533. The van der Waals surface area contributed by atoms with Crippen molar-refractivity contribution < 1.29 is 9.59 Å². The summed E-state index contributed by atoms with van der Waals surface area (Å²) in [6, 6.07) is 19.8. The smallest absolute Gasteiger partial charge is 0.254 e. The van der Waals surface area contributed by atoms with Crippen LogP contribution in [0.25, 0.3) is 0 Å². The Morgan fingerprint density at radius 1 is 1.03 bits per heavy atom. The summed E-state index contributed by atoms with van der Waals surface area (Å²) in [4.78, 5) is 32.1. The highest BCUT2D eigenvalue weighted by Gasteiger charge is 2.36. The van der Waals surface area contributed by atoms with Crippen LogP contribution in [0.4, 0.5) is 0 Å². The van der Waals surface area contributed by atoms with Gasteiger partial charge in [0.05, 0.1) is 6.04 Å². The molecule has 32 heavy (non-hydrogen) atoms. The molecule has 1 aromatic heterocycles. The van der Waals surface area contributed by atoms with E-state index in [0.717, 1.165) is 17.5 Å². The summed E-state index contributed by atoms with van der Waals surface area (Å²) in [7, 11) is 0. The van der Waals surface area contributed by atoms with E-state index >= 15 is 0 Å². The second-order valence-corrected chi connectivity index (χ2v) is 10.4. The van der Waals surface area contributed by atoms with Gasteiger partial charge in [0.1, 0.15) is 6.54 Å². The molecule has 4 rings (SSSR count). The van der Waals surface area contributed by atoms with Gasteiger partial charge in [0, 0.05) is 22.5 Å². The molecule has 0 bridgehead atoms. The van der Waals surface area contributed by atoms with E-state index in [1.807, 2.05) is 75.1 Å². The molecule has 0 fully saturated rings. The van der Waals surface area contributed by atoms with Gasteiger partial charge in [0.2, 0.25) is 5.91 Å². The largest absolute Gasteiger partial charge is 0.330 e. The van der Waals surface area contributed by atoms with E-state index < -0.39 is 5.54 Å². The molecule has 1 aliphatic rings. The van der Waals surface area contributed by atoms with Crippen LogP contribution in [0.2, 0.25) is 0 Å². The van der Waals surface area contributed by atoms with Gasteiger partial charge in [0.25, 0.3) is 5.91 Å². The molecular formula is C27H30N2O2S. The lowest BCUT2D eigenvalue weighted by Crippen LogP contribution is -2.52. The van der Waals surface area contributed by atoms with E-state index in [4.69, 9.17) is 0 Å². The third-order valence-electron chi connectivity index (χ3n) is 6.05. The summed E-state index contributed by atoms with van der Waals surface area (Å²) in [6.45, 7) is 8.65. The van der Waals surface area contributed by atoms with Gasteiger partial charge in [-0.15, -0.1) is 11.3 Å². The second-order valence-electron chi connectivity index (χ2n) is 9.38. The van der Waals surface area contributed by atoms with Crippen LogP contribution in [0.3, 0.4) is 0 Å². The van der Waals surface area contributed by atoms with Crippen LogP contribution in [0.15, 0.2) is 66.0 Å². The molecule has 2 aromatic carbocycles. The number of rotatable bonds is 4. The molecule has 1 unspecified atom stereocenters. The Labute approximate surface area is 194 Å². The van der Waals surface area contributed by atoms with Crippen molar-refractivity contribution >= 4 is 23.2 Å². The standard InChI is InChI=1S/C27H30N2O2S/c1-19-10-12-21(13-11-19)26(31)29(27(2,3)4)18-24(30)28-16-14-23-22(15-17-32-23)25(28)20-8-6-5-7-9-20/h5-13,15,17,25H,14,16,18H2,1-4H3. The topological polar surface area (TPSA) is 40.6 Å². The van der Waals surface area contributed by atoms with Crippen molar-refractivity contribution in [1.29, 1.82) is 0 Å². The van der Waals surface area contributed by atoms with Crippen LogP contribution in [0, 0.1) is 6.92 Å². The molecule has 5 heteroatoms. The molecule has 4 nitrogen and oxygen atoms in total. The van der Waals surface area contributed by atoms with Crippen LogP contribution in [0.5, 0.6) is 0 Å². The SMILES string of the molecule is Cc1ccc(C(=O)N(CC(=O)N2CCc3sccc3C2c2ccccc2)C(C)(C)C)cc1. The van der Waals surface area contributed by atoms with Crippen LogP contribution in [0.1, 0.15) is 58.7 Å². The van der Waals surface area contributed by atoms with Crippen molar-refractivity contribution in [3.63, 3.8) is 0 Å². The van der Waals surface area contributed by atoms with E-state index in [-0.39, 0.29) is 24.4 Å². The molecule has 0 saturated carbocycles. The van der Waals surface area contributed by atoms with E-state index in [2.05, 4.69) is 23.6 Å². The number of hydrogen-bond acceptors (Lipinski definition) is 3. The normalized spacial score (nSPS) is 15.9. The van der Waals surface area contributed by atoms with Gasteiger partial charge in [-0.2, -0.15) is 0 Å². The first-order valence-corrected chi connectivity index (χ1v) is 11.9. The zero-order valence-electron chi connectivity index (χ0n) is 19.2. The molecule has 3 aromatic rings. The number of aryl methyl sites for hydroxylation is 1. The van der Waals surface area contributed by atoms with Crippen molar-refractivity contribution in [1.82, 2.24) is 9.80 Å². The fourth-order valence-electron chi connectivity index (χ4n) is 4.27. The zero-order valence-corrected chi connectivity index (χ0v) is 20.0. The van der Waals surface area contributed by atoms with Crippen molar-refractivity contribution in [3.8, 4) is 0 Å². The van der Waals surface area contributed by atoms with Crippen LogP contribution < -0.4 is 0 Å². The maximum atomic E-state index is 13.7. The van der Waals surface area contributed by atoms with Gasteiger partial charge in [-0.05, 0) is 68.8 Å². The Morgan fingerprint density at radius 3 is 2.38 bits per heavy atom. The van der Waals surface area contributed by atoms with Crippen molar-refractivity contribution in [3.05, 3.63) is 93.2 Å². The Morgan fingerprint density at radius 2 is 1.72 bits per heavy atom. The molecule has 0 saturated heterocycles. The van der Waals surface area contributed by atoms with Crippen LogP contribution >= 0.6 is 11.3 Å². The average Bonchev–Trinajstić information content (AvgIpc) is 3.25. The number of carbonyl (C=O) groups excluding carboxylic acids is 2. The van der Waals surface area contributed by atoms with Gasteiger partial charge in [-0.3, -0.25) is 9.59 Å². The minimum Gasteiger partial charge on any atom is -0.330 e. The van der Waals surface area contributed by atoms with Crippen LogP contribution in [-0.4, -0.2) is 40.2 Å². The summed E-state index contributed by atoms with van der Waals surface area (Å²) in [5, 5.41) is 2.11. The third kappa shape index (κ3) is 4.49. The lowest BCUT2D eigenvalue weighted by Gasteiger charge is -2.40. The van der Waals surface area contributed by atoms with Gasteiger partial charge < -0.3 is 9.80 Å². The van der Waals surface area contributed by atoms with Crippen molar-refractivity contribution in [2.24, 2.45) is 0 Å². The van der Waals surface area contributed by atoms with Crippen molar-refractivity contribution in [2.75, 3.05) is 13.1 Å². The molecule has 1 atom stereocenters. The van der Waals surface area contributed by atoms with Gasteiger partial charge in [-0.25, -0.2) is 0 Å². The predicted molar refractivity (Wildman–Crippen MR) is 130 cm³/mol. The lowest BCUT2D eigenvalue weighted by molar-refractivity contribution is -0.135. The summed E-state index contributed by atoms with van der Waals surface area (Å²) in [5.41, 5.74) is 3.53. The molecule has 2 heterocycles.